The smallest absolute Gasteiger partial charge is 0.410 e. The van der Waals surface area contributed by atoms with E-state index in [9.17, 15) is 13.2 Å². The molecular weight excluding hydrogens is 444 g/mol. The molecular formula is C24H32N2O6S. The Morgan fingerprint density at radius 2 is 1.73 bits per heavy atom. The van der Waals surface area contributed by atoms with Crippen LogP contribution >= 0.6 is 0 Å². The number of rotatable bonds is 9. The van der Waals surface area contributed by atoms with Crippen molar-refractivity contribution >= 4 is 16.1 Å². The second-order valence-corrected chi connectivity index (χ2v) is 10.2. The van der Waals surface area contributed by atoms with Gasteiger partial charge in [-0.25, -0.2) is 13.2 Å². The van der Waals surface area contributed by atoms with Crippen molar-refractivity contribution in [2.75, 3.05) is 27.1 Å². The summed E-state index contributed by atoms with van der Waals surface area (Å²) in [5.41, 5.74) is 1.71. The summed E-state index contributed by atoms with van der Waals surface area (Å²) in [6.45, 7) is 2.44. The van der Waals surface area contributed by atoms with E-state index in [0.717, 1.165) is 11.1 Å². The van der Waals surface area contributed by atoms with Gasteiger partial charge in [-0.05, 0) is 36.6 Å². The first-order chi connectivity index (χ1) is 15.7. The van der Waals surface area contributed by atoms with Gasteiger partial charge in [-0.2, -0.15) is 4.31 Å². The van der Waals surface area contributed by atoms with Crippen molar-refractivity contribution in [2.24, 2.45) is 0 Å². The maximum atomic E-state index is 13.0. The van der Waals surface area contributed by atoms with Crippen LogP contribution in [0.25, 0.3) is 0 Å². The molecule has 0 N–H and O–H groups in total. The number of hydrogen-bond acceptors (Lipinski definition) is 6. The second-order valence-electron chi connectivity index (χ2n) is 8.28. The number of nitrogens with zero attached hydrogens (tertiary/aromatic N) is 2. The molecule has 3 rings (SSSR count). The first-order valence-corrected chi connectivity index (χ1v) is 12.7. The topological polar surface area (TPSA) is 85.4 Å². The van der Waals surface area contributed by atoms with Crippen molar-refractivity contribution in [1.82, 2.24) is 9.21 Å². The molecule has 0 unspecified atom stereocenters. The minimum atomic E-state index is -3.57. The zero-order valence-electron chi connectivity index (χ0n) is 19.5. The summed E-state index contributed by atoms with van der Waals surface area (Å²) >= 11 is 0. The molecule has 2 aromatic carbocycles. The third-order valence-electron chi connectivity index (χ3n) is 5.91. The Labute approximate surface area is 196 Å². The molecule has 180 valence electrons. The van der Waals surface area contributed by atoms with Gasteiger partial charge in [0, 0.05) is 25.7 Å². The van der Waals surface area contributed by atoms with Crippen LogP contribution in [-0.2, 0) is 32.6 Å². The van der Waals surface area contributed by atoms with Crippen LogP contribution in [0.3, 0.4) is 0 Å². The highest BCUT2D eigenvalue weighted by Crippen LogP contribution is 2.32. The first kappa shape index (κ1) is 25.0. The minimum absolute atomic E-state index is 0.148. The third-order valence-corrected chi connectivity index (χ3v) is 7.16. The summed E-state index contributed by atoms with van der Waals surface area (Å²) in [6, 6.07) is 15.6. The van der Waals surface area contributed by atoms with Crippen LogP contribution in [0.1, 0.15) is 24.5 Å². The zero-order chi connectivity index (χ0) is 24.0. The average Bonchev–Trinajstić information content (AvgIpc) is 3.11. The summed E-state index contributed by atoms with van der Waals surface area (Å²) in [5.74, 6) is 0.698. The fourth-order valence-corrected chi connectivity index (χ4v) is 5.41. The van der Waals surface area contributed by atoms with Gasteiger partial charge in [0.1, 0.15) is 12.4 Å². The van der Waals surface area contributed by atoms with Crippen molar-refractivity contribution in [3.05, 3.63) is 65.7 Å². The lowest BCUT2D eigenvalue weighted by Gasteiger charge is -2.33. The molecule has 1 heterocycles. The van der Waals surface area contributed by atoms with E-state index >= 15 is 0 Å². The molecule has 8 nitrogen and oxygen atoms in total. The maximum absolute atomic E-state index is 13.0. The third kappa shape index (κ3) is 6.25. The van der Waals surface area contributed by atoms with Crippen LogP contribution in [0.2, 0.25) is 0 Å². The van der Waals surface area contributed by atoms with E-state index in [1.165, 1.54) is 10.6 Å². The molecule has 1 aliphatic rings. The highest BCUT2D eigenvalue weighted by molar-refractivity contribution is 7.88. The first-order valence-electron chi connectivity index (χ1n) is 10.8. The van der Waals surface area contributed by atoms with Gasteiger partial charge in [0.15, 0.2) is 0 Å². The predicted molar refractivity (Wildman–Crippen MR) is 125 cm³/mol. The van der Waals surface area contributed by atoms with E-state index < -0.39 is 28.2 Å². The van der Waals surface area contributed by atoms with Crippen LogP contribution in [0.4, 0.5) is 4.79 Å². The lowest BCUT2D eigenvalue weighted by atomic mass is 10.1. The van der Waals surface area contributed by atoms with Gasteiger partial charge in [-0.1, -0.05) is 42.5 Å². The Kier molecular flexibility index (Phi) is 8.34. The number of benzene rings is 2. The van der Waals surface area contributed by atoms with E-state index in [-0.39, 0.29) is 25.8 Å². The number of likely N-dealkylation sites (tertiary alicyclic amines) is 1. The van der Waals surface area contributed by atoms with Crippen LogP contribution in [-0.4, -0.2) is 68.9 Å². The van der Waals surface area contributed by atoms with Crippen molar-refractivity contribution in [2.45, 2.75) is 44.6 Å². The number of hydrogen-bond donors (Lipinski definition) is 0. The molecule has 0 spiro atoms. The van der Waals surface area contributed by atoms with Crippen LogP contribution in [0.15, 0.2) is 54.6 Å². The minimum Gasteiger partial charge on any atom is -0.497 e. The van der Waals surface area contributed by atoms with E-state index in [1.807, 2.05) is 49.4 Å². The molecule has 1 amide bonds. The van der Waals surface area contributed by atoms with Gasteiger partial charge in [0.05, 0.1) is 26.0 Å². The molecule has 1 fully saturated rings. The maximum Gasteiger partial charge on any atom is 0.410 e. The SMILES string of the molecule is COC[C@H]1[C@@H](N(Cc2ccc(OC)cc2)S(C)(=O)=O)C[C@@H](C)N1C(=O)OCc1ccccc1. The van der Waals surface area contributed by atoms with E-state index in [4.69, 9.17) is 14.2 Å². The lowest BCUT2D eigenvalue weighted by molar-refractivity contribution is 0.0489. The van der Waals surface area contributed by atoms with Gasteiger partial charge < -0.3 is 14.2 Å². The standard InChI is InChI=1S/C24H32N2O6S/c1-18-14-22(25(33(4,28)29)15-19-10-12-21(31-3)13-11-19)23(17-30-2)26(18)24(27)32-16-20-8-6-5-7-9-20/h5-13,18,22-23H,14-17H2,1-4H3/t18-,22+,23+/m1/s1. The van der Waals surface area contributed by atoms with Crippen molar-refractivity contribution in [3.63, 3.8) is 0 Å². The Bertz CT molecular complexity index is 1010. The molecule has 0 aliphatic carbocycles. The number of ether oxygens (including phenoxy) is 3. The van der Waals surface area contributed by atoms with Gasteiger partial charge in [-0.15, -0.1) is 0 Å². The number of carbonyl (C=O) groups is 1. The number of amides is 1. The normalized spacial score (nSPS) is 20.8. The molecule has 0 radical (unpaired) electrons. The fourth-order valence-electron chi connectivity index (χ4n) is 4.30. The molecule has 9 heteroatoms. The quantitative estimate of drug-likeness (QED) is 0.552. The molecule has 0 aromatic heterocycles. The van der Waals surface area contributed by atoms with Gasteiger partial charge in [0.2, 0.25) is 10.0 Å². The van der Waals surface area contributed by atoms with Crippen molar-refractivity contribution in [3.8, 4) is 5.75 Å². The molecule has 0 bridgehead atoms. The van der Waals surface area contributed by atoms with Gasteiger partial charge >= 0.3 is 6.09 Å². The summed E-state index contributed by atoms with van der Waals surface area (Å²) in [6.07, 6.45) is 1.20. The van der Waals surface area contributed by atoms with Crippen LogP contribution in [0.5, 0.6) is 5.75 Å². The Balaban J connectivity index is 1.81. The van der Waals surface area contributed by atoms with E-state index in [1.54, 1.807) is 31.3 Å². The highest BCUT2D eigenvalue weighted by atomic mass is 32.2. The largest absolute Gasteiger partial charge is 0.497 e. The van der Waals surface area contributed by atoms with E-state index in [0.29, 0.717) is 12.2 Å². The monoisotopic (exact) mass is 476 g/mol. The predicted octanol–water partition coefficient (Wildman–Crippen LogP) is 3.27. The Morgan fingerprint density at radius 3 is 2.30 bits per heavy atom. The number of sulfonamides is 1. The highest BCUT2D eigenvalue weighted by Gasteiger charge is 2.47. The fraction of sp³-hybridized carbons (Fsp3) is 0.458. The lowest BCUT2D eigenvalue weighted by Crippen LogP contribution is -2.51. The summed E-state index contributed by atoms with van der Waals surface area (Å²) in [7, 11) is -0.448. The van der Waals surface area contributed by atoms with Crippen LogP contribution < -0.4 is 4.74 Å². The molecule has 1 aliphatic heterocycles. The van der Waals surface area contributed by atoms with Crippen molar-refractivity contribution in [1.29, 1.82) is 0 Å². The van der Waals surface area contributed by atoms with Crippen molar-refractivity contribution < 1.29 is 27.4 Å². The summed E-state index contributed by atoms with van der Waals surface area (Å²) in [5, 5.41) is 0. The molecule has 2 aromatic rings. The Hall–Kier alpha value is -2.62. The van der Waals surface area contributed by atoms with Gasteiger partial charge in [-0.3, -0.25) is 4.90 Å². The molecule has 33 heavy (non-hydrogen) atoms. The average molecular weight is 477 g/mol. The molecule has 1 saturated heterocycles. The zero-order valence-corrected chi connectivity index (χ0v) is 20.3. The van der Waals surface area contributed by atoms with Gasteiger partial charge in [0.25, 0.3) is 0 Å². The number of carbonyl (C=O) groups excluding carboxylic acids is 1. The van der Waals surface area contributed by atoms with Crippen LogP contribution in [0, 0.1) is 0 Å². The Morgan fingerprint density at radius 1 is 1.06 bits per heavy atom. The number of methoxy groups -OCH3 is 2. The molecule has 0 saturated carbocycles. The second kappa shape index (κ2) is 11.0. The summed E-state index contributed by atoms with van der Waals surface area (Å²) in [4.78, 5) is 14.6. The molecule has 3 atom stereocenters. The summed E-state index contributed by atoms with van der Waals surface area (Å²) < 4.78 is 43.3. The van der Waals surface area contributed by atoms with E-state index in [2.05, 4.69) is 0 Å².